The zero-order chi connectivity index (χ0) is 15.8. The highest BCUT2D eigenvalue weighted by atomic mass is 19.1. The van der Waals surface area contributed by atoms with E-state index in [1.165, 1.54) is 6.07 Å². The minimum atomic E-state index is -0.211. The van der Waals surface area contributed by atoms with Gasteiger partial charge < -0.3 is 15.3 Å². The summed E-state index contributed by atoms with van der Waals surface area (Å²) in [5.41, 5.74) is 2.79. The third-order valence-electron chi connectivity index (χ3n) is 3.53. The molecule has 22 heavy (non-hydrogen) atoms. The topological polar surface area (TPSA) is 35.5 Å². The van der Waals surface area contributed by atoms with Gasteiger partial charge in [-0.3, -0.25) is 0 Å². The molecular weight excluding hydrogens is 279 g/mol. The first-order valence-electron chi connectivity index (χ1n) is 7.56. The Morgan fingerprint density at radius 2 is 1.86 bits per heavy atom. The Balaban J connectivity index is 2.02. The van der Waals surface area contributed by atoms with Crippen LogP contribution in [0.4, 0.5) is 10.1 Å². The lowest BCUT2D eigenvalue weighted by molar-refractivity contribution is 0.286. The number of rotatable bonds is 8. The van der Waals surface area contributed by atoms with E-state index in [-0.39, 0.29) is 12.4 Å². The van der Waals surface area contributed by atoms with Crippen LogP contribution in [0.5, 0.6) is 0 Å². The number of nitrogens with one attached hydrogen (secondary N) is 1. The standard InChI is InChI=1S/C18H23FN2O/c1-21(14-15-6-3-2-4-7-15)18-12-16(8-9-17(18)19)13-20-10-5-11-22/h2-4,6-9,12,20,22H,5,10-11,13-14H2,1H3. The van der Waals surface area contributed by atoms with Gasteiger partial charge in [0.2, 0.25) is 0 Å². The van der Waals surface area contributed by atoms with Gasteiger partial charge in [0.15, 0.2) is 0 Å². The molecule has 2 aromatic carbocycles. The molecule has 0 aromatic heterocycles. The van der Waals surface area contributed by atoms with Crippen LogP contribution in [0.1, 0.15) is 17.5 Å². The van der Waals surface area contributed by atoms with Gasteiger partial charge in [-0.1, -0.05) is 36.4 Å². The number of hydrogen-bond acceptors (Lipinski definition) is 3. The second-order valence-electron chi connectivity index (χ2n) is 5.38. The van der Waals surface area contributed by atoms with Crippen molar-refractivity contribution in [2.45, 2.75) is 19.5 Å². The molecule has 2 N–H and O–H groups in total. The Bertz CT molecular complexity index is 575. The molecule has 0 aliphatic rings. The van der Waals surface area contributed by atoms with Crippen LogP contribution in [-0.4, -0.2) is 25.3 Å². The van der Waals surface area contributed by atoms with Crippen LogP contribution in [0, 0.1) is 5.82 Å². The smallest absolute Gasteiger partial charge is 0.146 e. The number of aliphatic hydroxyl groups excluding tert-OH is 1. The Labute approximate surface area is 131 Å². The number of anilines is 1. The van der Waals surface area contributed by atoms with E-state index in [1.54, 1.807) is 6.07 Å². The van der Waals surface area contributed by atoms with Crippen molar-refractivity contribution >= 4 is 5.69 Å². The van der Waals surface area contributed by atoms with Crippen molar-refractivity contribution in [2.24, 2.45) is 0 Å². The van der Waals surface area contributed by atoms with Crippen molar-refractivity contribution in [1.29, 1.82) is 0 Å². The zero-order valence-corrected chi connectivity index (χ0v) is 12.9. The predicted octanol–water partition coefficient (Wildman–Crippen LogP) is 2.93. The van der Waals surface area contributed by atoms with E-state index in [0.717, 1.165) is 24.1 Å². The maximum atomic E-state index is 14.1. The lowest BCUT2D eigenvalue weighted by Gasteiger charge is -2.21. The van der Waals surface area contributed by atoms with Crippen molar-refractivity contribution in [2.75, 3.05) is 25.1 Å². The molecule has 0 radical (unpaired) electrons. The molecule has 0 heterocycles. The summed E-state index contributed by atoms with van der Waals surface area (Å²) in [4.78, 5) is 1.92. The summed E-state index contributed by atoms with van der Waals surface area (Å²) in [5.74, 6) is -0.211. The molecule has 0 saturated heterocycles. The number of hydrogen-bond donors (Lipinski definition) is 2. The van der Waals surface area contributed by atoms with Gasteiger partial charge >= 0.3 is 0 Å². The molecule has 0 bridgehead atoms. The third kappa shape index (κ3) is 4.83. The van der Waals surface area contributed by atoms with Gasteiger partial charge in [-0.2, -0.15) is 0 Å². The van der Waals surface area contributed by atoms with Crippen LogP contribution in [0.25, 0.3) is 0 Å². The highest BCUT2D eigenvalue weighted by Crippen LogP contribution is 2.21. The SMILES string of the molecule is CN(Cc1ccccc1)c1cc(CNCCCO)ccc1F. The molecule has 0 saturated carbocycles. The molecule has 2 rings (SSSR count). The average Bonchev–Trinajstić information content (AvgIpc) is 2.54. The summed E-state index contributed by atoms with van der Waals surface area (Å²) in [6, 6.07) is 15.2. The van der Waals surface area contributed by atoms with Crippen LogP contribution in [0.2, 0.25) is 0 Å². The maximum Gasteiger partial charge on any atom is 0.146 e. The maximum absolute atomic E-state index is 14.1. The van der Waals surface area contributed by atoms with Gasteiger partial charge in [-0.05, 0) is 36.2 Å². The van der Waals surface area contributed by atoms with Crippen molar-refractivity contribution in [3.8, 4) is 0 Å². The lowest BCUT2D eigenvalue weighted by Crippen LogP contribution is -2.19. The first kappa shape index (κ1) is 16.5. The van der Waals surface area contributed by atoms with Crippen LogP contribution in [0.15, 0.2) is 48.5 Å². The second kappa shape index (κ2) is 8.51. The summed E-state index contributed by atoms with van der Waals surface area (Å²) in [6.07, 6.45) is 0.724. The number of benzene rings is 2. The number of nitrogens with zero attached hydrogens (tertiary/aromatic N) is 1. The highest BCUT2D eigenvalue weighted by molar-refractivity contribution is 5.50. The van der Waals surface area contributed by atoms with Gasteiger partial charge in [0.05, 0.1) is 5.69 Å². The monoisotopic (exact) mass is 302 g/mol. The largest absolute Gasteiger partial charge is 0.396 e. The normalized spacial score (nSPS) is 10.7. The summed E-state index contributed by atoms with van der Waals surface area (Å²) in [7, 11) is 1.90. The van der Waals surface area contributed by atoms with Gasteiger partial charge in [-0.25, -0.2) is 4.39 Å². The van der Waals surface area contributed by atoms with Crippen LogP contribution < -0.4 is 10.2 Å². The van der Waals surface area contributed by atoms with E-state index in [4.69, 9.17) is 5.11 Å². The summed E-state index contributed by atoms with van der Waals surface area (Å²) in [5, 5.41) is 12.0. The summed E-state index contributed by atoms with van der Waals surface area (Å²) in [6.45, 7) is 2.27. The molecule has 0 amide bonds. The Morgan fingerprint density at radius 1 is 1.09 bits per heavy atom. The molecule has 0 fully saturated rings. The molecule has 0 aliphatic heterocycles. The molecule has 0 unspecified atom stereocenters. The Morgan fingerprint density at radius 3 is 2.59 bits per heavy atom. The summed E-state index contributed by atoms with van der Waals surface area (Å²) >= 11 is 0. The van der Waals surface area contributed by atoms with Gasteiger partial charge in [0.1, 0.15) is 5.82 Å². The minimum absolute atomic E-state index is 0.182. The molecule has 118 valence electrons. The van der Waals surface area contributed by atoms with E-state index in [2.05, 4.69) is 5.32 Å². The van der Waals surface area contributed by atoms with Gasteiger partial charge in [-0.15, -0.1) is 0 Å². The molecule has 3 nitrogen and oxygen atoms in total. The van der Waals surface area contributed by atoms with Crippen molar-refractivity contribution in [1.82, 2.24) is 5.32 Å². The molecule has 0 spiro atoms. The van der Waals surface area contributed by atoms with Crippen LogP contribution in [-0.2, 0) is 13.1 Å². The fourth-order valence-electron chi connectivity index (χ4n) is 2.34. The van der Waals surface area contributed by atoms with Crippen molar-refractivity contribution < 1.29 is 9.50 Å². The minimum Gasteiger partial charge on any atom is -0.396 e. The van der Waals surface area contributed by atoms with E-state index in [9.17, 15) is 4.39 Å². The molecule has 0 atom stereocenters. The fourth-order valence-corrected chi connectivity index (χ4v) is 2.34. The van der Waals surface area contributed by atoms with Crippen molar-refractivity contribution in [3.63, 3.8) is 0 Å². The average molecular weight is 302 g/mol. The third-order valence-corrected chi connectivity index (χ3v) is 3.53. The molecular formula is C18H23FN2O. The van der Waals surface area contributed by atoms with Gasteiger partial charge in [0.25, 0.3) is 0 Å². The first-order chi connectivity index (χ1) is 10.7. The zero-order valence-electron chi connectivity index (χ0n) is 12.9. The second-order valence-corrected chi connectivity index (χ2v) is 5.38. The Kier molecular flexibility index (Phi) is 6.37. The van der Waals surface area contributed by atoms with Crippen molar-refractivity contribution in [3.05, 3.63) is 65.5 Å². The Hall–Kier alpha value is -1.91. The highest BCUT2D eigenvalue weighted by Gasteiger charge is 2.09. The van der Waals surface area contributed by atoms with E-state index >= 15 is 0 Å². The van der Waals surface area contributed by atoms with E-state index in [0.29, 0.717) is 18.8 Å². The quantitative estimate of drug-likeness (QED) is 0.736. The van der Waals surface area contributed by atoms with E-state index < -0.39 is 0 Å². The fraction of sp³-hybridized carbons (Fsp3) is 0.333. The first-order valence-corrected chi connectivity index (χ1v) is 7.56. The lowest BCUT2D eigenvalue weighted by atomic mass is 10.1. The van der Waals surface area contributed by atoms with Crippen LogP contribution >= 0.6 is 0 Å². The number of halogens is 1. The molecule has 0 aliphatic carbocycles. The predicted molar refractivity (Wildman–Crippen MR) is 88.4 cm³/mol. The molecule has 2 aromatic rings. The summed E-state index contributed by atoms with van der Waals surface area (Å²) < 4.78 is 14.1. The van der Waals surface area contributed by atoms with Crippen LogP contribution in [0.3, 0.4) is 0 Å². The number of aliphatic hydroxyl groups is 1. The van der Waals surface area contributed by atoms with E-state index in [1.807, 2.05) is 48.3 Å². The molecule has 4 heteroatoms. The van der Waals surface area contributed by atoms with Gasteiger partial charge in [0, 0.05) is 26.7 Å².